The Kier molecular flexibility index (Phi) is 2.95. The van der Waals surface area contributed by atoms with E-state index in [0.29, 0.717) is 11.4 Å². The third-order valence-electron chi connectivity index (χ3n) is 3.12. The summed E-state index contributed by atoms with van der Waals surface area (Å²) in [5, 5.41) is 9.13. The van der Waals surface area contributed by atoms with E-state index in [1.807, 2.05) is 41.8 Å². The van der Waals surface area contributed by atoms with Gasteiger partial charge in [0.15, 0.2) is 0 Å². The molecule has 0 unspecified atom stereocenters. The average Bonchev–Trinajstić information content (AvgIpc) is 2.77. The molecule has 3 heterocycles. The van der Waals surface area contributed by atoms with Crippen molar-refractivity contribution < 1.29 is 9.90 Å². The molecule has 0 aliphatic heterocycles. The number of aliphatic carboxylic acids is 1. The van der Waals surface area contributed by atoms with Gasteiger partial charge < -0.3 is 9.51 Å². The molecule has 0 atom stereocenters. The summed E-state index contributed by atoms with van der Waals surface area (Å²) in [6.07, 6.45) is 5.20. The lowest BCUT2D eigenvalue weighted by molar-refractivity contribution is -0.136. The van der Waals surface area contributed by atoms with Gasteiger partial charge in [0, 0.05) is 24.2 Å². The van der Waals surface area contributed by atoms with Gasteiger partial charge in [0.25, 0.3) is 0 Å². The monoisotopic (exact) mass is 267 g/mol. The fourth-order valence-corrected chi connectivity index (χ4v) is 2.25. The van der Waals surface area contributed by atoms with E-state index in [1.54, 1.807) is 12.4 Å². The summed E-state index contributed by atoms with van der Waals surface area (Å²) >= 11 is 0. The third-order valence-corrected chi connectivity index (χ3v) is 3.12. The number of imidazole rings is 1. The molecule has 0 aliphatic rings. The Hall–Kier alpha value is -2.69. The van der Waals surface area contributed by atoms with Gasteiger partial charge in [0.05, 0.1) is 17.8 Å². The molecule has 20 heavy (non-hydrogen) atoms. The second-order valence-corrected chi connectivity index (χ2v) is 4.65. The van der Waals surface area contributed by atoms with Crippen molar-refractivity contribution in [2.45, 2.75) is 13.3 Å². The van der Waals surface area contributed by atoms with Crippen LogP contribution in [-0.4, -0.2) is 25.4 Å². The number of rotatable bonds is 3. The van der Waals surface area contributed by atoms with Crippen LogP contribution in [0.15, 0.2) is 42.9 Å². The number of aromatic nitrogens is 3. The van der Waals surface area contributed by atoms with Crippen LogP contribution in [0, 0.1) is 6.92 Å². The highest BCUT2D eigenvalue weighted by molar-refractivity contribution is 5.75. The Morgan fingerprint density at radius 1 is 1.35 bits per heavy atom. The van der Waals surface area contributed by atoms with E-state index < -0.39 is 5.97 Å². The number of aryl methyl sites for hydroxylation is 1. The number of carbonyl (C=O) groups is 1. The first-order chi connectivity index (χ1) is 9.65. The normalized spacial score (nSPS) is 10.8. The number of hydrogen-bond donors (Lipinski definition) is 1. The molecule has 0 saturated heterocycles. The van der Waals surface area contributed by atoms with Crippen LogP contribution in [0.2, 0.25) is 0 Å². The van der Waals surface area contributed by atoms with Gasteiger partial charge in [-0.2, -0.15) is 0 Å². The summed E-state index contributed by atoms with van der Waals surface area (Å²) in [5.74, 6) is -0.876. The van der Waals surface area contributed by atoms with Crippen LogP contribution in [0.5, 0.6) is 0 Å². The molecule has 3 rings (SSSR count). The van der Waals surface area contributed by atoms with Gasteiger partial charge in [0.1, 0.15) is 5.65 Å². The minimum atomic E-state index is -0.876. The van der Waals surface area contributed by atoms with E-state index in [2.05, 4.69) is 9.97 Å². The molecule has 0 amide bonds. The van der Waals surface area contributed by atoms with Crippen LogP contribution in [0.3, 0.4) is 0 Å². The summed E-state index contributed by atoms with van der Waals surface area (Å²) < 4.78 is 1.84. The molecule has 0 aromatic carbocycles. The van der Waals surface area contributed by atoms with Gasteiger partial charge in [-0.05, 0) is 30.7 Å². The Labute approximate surface area is 115 Å². The second-order valence-electron chi connectivity index (χ2n) is 4.65. The van der Waals surface area contributed by atoms with E-state index in [9.17, 15) is 4.79 Å². The van der Waals surface area contributed by atoms with Crippen LogP contribution < -0.4 is 0 Å². The zero-order chi connectivity index (χ0) is 14.1. The molecule has 3 aromatic rings. The first-order valence-electron chi connectivity index (χ1n) is 6.25. The van der Waals surface area contributed by atoms with Crippen LogP contribution >= 0.6 is 0 Å². The Balaban J connectivity index is 2.28. The standard InChI is InChI=1S/C15H13N3O2/c1-10-4-5-13-17-15(11-3-2-6-16-8-11)12(7-14(19)20)18(13)9-10/h2-6,8-9H,7H2,1H3,(H,19,20). The second kappa shape index (κ2) is 4.77. The van der Waals surface area contributed by atoms with Crippen molar-refractivity contribution in [3.63, 3.8) is 0 Å². The van der Waals surface area contributed by atoms with Crippen molar-refractivity contribution in [1.29, 1.82) is 0 Å². The maximum atomic E-state index is 11.1. The van der Waals surface area contributed by atoms with Crippen LogP contribution in [0.4, 0.5) is 0 Å². The number of pyridine rings is 2. The fourth-order valence-electron chi connectivity index (χ4n) is 2.25. The molecule has 5 heteroatoms. The van der Waals surface area contributed by atoms with Gasteiger partial charge in [0.2, 0.25) is 0 Å². The van der Waals surface area contributed by atoms with Gasteiger partial charge in [-0.3, -0.25) is 9.78 Å². The maximum absolute atomic E-state index is 11.1. The van der Waals surface area contributed by atoms with Gasteiger partial charge in [-0.15, -0.1) is 0 Å². The molecule has 3 aromatic heterocycles. The van der Waals surface area contributed by atoms with E-state index in [4.69, 9.17) is 5.11 Å². The highest BCUT2D eigenvalue weighted by atomic mass is 16.4. The predicted octanol–water partition coefficient (Wildman–Crippen LogP) is 2.33. The van der Waals surface area contributed by atoms with Crippen molar-refractivity contribution in [3.05, 3.63) is 54.1 Å². The van der Waals surface area contributed by atoms with Crippen molar-refractivity contribution in [2.75, 3.05) is 0 Å². The summed E-state index contributed by atoms with van der Waals surface area (Å²) in [4.78, 5) is 19.7. The molecule has 100 valence electrons. The lowest BCUT2D eigenvalue weighted by atomic mass is 10.1. The number of carboxylic acid groups (broad SMARTS) is 1. The molecule has 0 spiro atoms. The number of fused-ring (bicyclic) bond motifs is 1. The Bertz CT molecular complexity index is 778. The van der Waals surface area contributed by atoms with Crippen molar-refractivity contribution in [1.82, 2.24) is 14.4 Å². The predicted molar refractivity (Wildman–Crippen MR) is 74.5 cm³/mol. The molecule has 0 aliphatic carbocycles. The van der Waals surface area contributed by atoms with E-state index >= 15 is 0 Å². The lowest BCUT2D eigenvalue weighted by Crippen LogP contribution is -2.05. The highest BCUT2D eigenvalue weighted by Crippen LogP contribution is 2.24. The number of nitrogens with zero attached hydrogens (tertiary/aromatic N) is 3. The first-order valence-corrected chi connectivity index (χ1v) is 6.25. The molecule has 0 radical (unpaired) electrons. The minimum absolute atomic E-state index is 0.0746. The summed E-state index contributed by atoms with van der Waals surface area (Å²) in [6, 6.07) is 7.54. The van der Waals surface area contributed by atoms with E-state index in [-0.39, 0.29) is 6.42 Å². The summed E-state index contributed by atoms with van der Waals surface area (Å²) in [5.41, 5.74) is 3.96. The Morgan fingerprint density at radius 2 is 2.20 bits per heavy atom. The molecule has 1 N–H and O–H groups in total. The van der Waals surface area contributed by atoms with Gasteiger partial charge in [-0.25, -0.2) is 4.98 Å². The topological polar surface area (TPSA) is 67.5 Å². The molecule has 0 bridgehead atoms. The van der Waals surface area contributed by atoms with Crippen molar-refractivity contribution >= 4 is 11.6 Å². The summed E-state index contributed by atoms with van der Waals surface area (Å²) in [6.45, 7) is 1.97. The van der Waals surface area contributed by atoms with Crippen LogP contribution in [0.1, 0.15) is 11.3 Å². The van der Waals surface area contributed by atoms with E-state index in [0.717, 1.165) is 16.8 Å². The zero-order valence-electron chi connectivity index (χ0n) is 10.9. The Morgan fingerprint density at radius 3 is 2.90 bits per heavy atom. The average molecular weight is 267 g/mol. The third kappa shape index (κ3) is 2.14. The van der Waals surface area contributed by atoms with Crippen LogP contribution in [-0.2, 0) is 11.2 Å². The number of carboxylic acids is 1. The molecular formula is C15H13N3O2. The molecule has 5 nitrogen and oxygen atoms in total. The van der Waals surface area contributed by atoms with Crippen molar-refractivity contribution in [2.24, 2.45) is 0 Å². The zero-order valence-corrected chi connectivity index (χ0v) is 10.9. The molecule has 0 fully saturated rings. The van der Waals surface area contributed by atoms with Crippen LogP contribution in [0.25, 0.3) is 16.9 Å². The van der Waals surface area contributed by atoms with E-state index in [1.165, 1.54) is 0 Å². The van der Waals surface area contributed by atoms with Gasteiger partial charge in [-0.1, -0.05) is 6.07 Å². The molecule has 0 saturated carbocycles. The summed E-state index contributed by atoms with van der Waals surface area (Å²) in [7, 11) is 0. The minimum Gasteiger partial charge on any atom is -0.481 e. The molecular weight excluding hydrogens is 254 g/mol. The van der Waals surface area contributed by atoms with Gasteiger partial charge >= 0.3 is 5.97 Å². The number of hydrogen-bond acceptors (Lipinski definition) is 3. The largest absolute Gasteiger partial charge is 0.481 e. The smallest absolute Gasteiger partial charge is 0.309 e. The quantitative estimate of drug-likeness (QED) is 0.790. The SMILES string of the molecule is Cc1ccc2nc(-c3cccnc3)c(CC(=O)O)n2c1. The fraction of sp³-hybridized carbons (Fsp3) is 0.133. The maximum Gasteiger partial charge on any atom is 0.309 e. The first kappa shape index (κ1) is 12.3. The van der Waals surface area contributed by atoms with Crippen molar-refractivity contribution in [3.8, 4) is 11.3 Å². The lowest BCUT2D eigenvalue weighted by Gasteiger charge is -2.03. The highest BCUT2D eigenvalue weighted by Gasteiger charge is 2.16.